The highest BCUT2D eigenvalue weighted by molar-refractivity contribution is 7.80. The number of hydrogen-bond donors (Lipinski definition) is 3. The van der Waals surface area contributed by atoms with Gasteiger partial charge in [0.2, 0.25) is 5.91 Å². The van der Waals surface area contributed by atoms with Crippen LogP contribution in [0.5, 0.6) is 5.75 Å². The van der Waals surface area contributed by atoms with Crippen molar-refractivity contribution >= 4 is 23.2 Å². The molecule has 1 amide bonds. The average Bonchev–Trinajstić information content (AvgIpc) is 2.62. The smallest absolute Gasteiger partial charge is 0.238 e. The molecule has 1 aromatic carbocycles. The van der Waals surface area contributed by atoms with Crippen molar-refractivity contribution < 1.29 is 9.53 Å². The van der Waals surface area contributed by atoms with Gasteiger partial charge in [-0.2, -0.15) is 0 Å². The Morgan fingerprint density at radius 3 is 2.65 bits per heavy atom. The van der Waals surface area contributed by atoms with E-state index in [2.05, 4.69) is 30.0 Å². The van der Waals surface area contributed by atoms with Crippen molar-refractivity contribution in [3.05, 3.63) is 29.8 Å². The SMILES string of the molecule is Cc1ccc(OCCCC(=O)NNC(=S)N[C@H]2CCC[C@H](C)[C@@H]2C)cc1. The molecule has 2 rings (SSSR count). The lowest BCUT2D eigenvalue weighted by Crippen LogP contribution is -2.52. The van der Waals surface area contributed by atoms with Crippen molar-refractivity contribution in [3.63, 3.8) is 0 Å². The van der Waals surface area contributed by atoms with Gasteiger partial charge in [-0.05, 0) is 56.0 Å². The van der Waals surface area contributed by atoms with Crippen molar-refractivity contribution in [2.24, 2.45) is 11.8 Å². The molecule has 5 nitrogen and oxygen atoms in total. The standard InChI is InChI=1S/C20H31N3O2S/c1-14-9-11-17(12-10-14)25-13-5-8-19(24)22-23-20(26)21-18-7-4-6-15(2)16(18)3/h9-12,15-16,18H,4-8,13H2,1-3H3,(H,22,24)(H2,21,23,26)/t15-,16-,18-/m0/s1. The predicted octanol–water partition coefficient (Wildman–Crippen LogP) is 3.47. The highest BCUT2D eigenvalue weighted by atomic mass is 32.1. The van der Waals surface area contributed by atoms with Gasteiger partial charge in [-0.25, -0.2) is 0 Å². The topological polar surface area (TPSA) is 62.4 Å². The molecule has 0 aromatic heterocycles. The van der Waals surface area contributed by atoms with Gasteiger partial charge in [0.1, 0.15) is 5.75 Å². The molecule has 1 fully saturated rings. The van der Waals surface area contributed by atoms with Crippen LogP contribution in [0.4, 0.5) is 0 Å². The molecule has 1 aromatic rings. The number of amides is 1. The minimum absolute atomic E-state index is 0.0910. The Balaban J connectivity index is 1.57. The fourth-order valence-electron chi connectivity index (χ4n) is 3.24. The lowest BCUT2D eigenvalue weighted by atomic mass is 9.78. The van der Waals surface area contributed by atoms with Gasteiger partial charge >= 0.3 is 0 Å². The first-order valence-electron chi connectivity index (χ1n) is 9.50. The summed E-state index contributed by atoms with van der Waals surface area (Å²) in [4.78, 5) is 11.9. The summed E-state index contributed by atoms with van der Waals surface area (Å²) in [6.07, 6.45) is 4.66. The van der Waals surface area contributed by atoms with Gasteiger partial charge in [0.25, 0.3) is 0 Å². The molecular formula is C20H31N3O2S. The quantitative estimate of drug-likeness (QED) is 0.402. The molecular weight excluding hydrogens is 346 g/mol. The zero-order chi connectivity index (χ0) is 18.9. The number of carbonyl (C=O) groups is 1. The van der Waals surface area contributed by atoms with E-state index in [0.717, 1.165) is 12.2 Å². The predicted molar refractivity (Wildman–Crippen MR) is 109 cm³/mol. The van der Waals surface area contributed by atoms with Crippen molar-refractivity contribution in [2.75, 3.05) is 6.61 Å². The maximum atomic E-state index is 11.9. The lowest BCUT2D eigenvalue weighted by molar-refractivity contribution is -0.121. The zero-order valence-corrected chi connectivity index (χ0v) is 16.8. The summed E-state index contributed by atoms with van der Waals surface area (Å²) in [5.74, 6) is 2.02. The van der Waals surface area contributed by atoms with E-state index in [-0.39, 0.29) is 5.91 Å². The molecule has 0 saturated heterocycles. The molecule has 0 spiro atoms. The van der Waals surface area contributed by atoms with Crippen LogP contribution in [0.2, 0.25) is 0 Å². The van der Waals surface area contributed by atoms with Crippen LogP contribution in [-0.4, -0.2) is 23.7 Å². The number of hydrazine groups is 1. The first kappa shape index (κ1) is 20.5. The molecule has 1 saturated carbocycles. The third-order valence-corrected chi connectivity index (χ3v) is 5.40. The van der Waals surface area contributed by atoms with Gasteiger partial charge in [-0.3, -0.25) is 15.6 Å². The molecule has 1 aliphatic rings. The average molecular weight is 378 g/mol. The summed E-state index contributed by atoms with van der Waals surface area (Å²) in [7, 11) is 0. The highest BCUT2D eigenvalue weighted by Gasteiger charge is 2.27. The Labute approximate surface area is 162 Å². The molecule has 26 heavy (non-hydrogen) atoms. The molecule has 0 unspecified atom stereocenters. The van der Waals surface area contributed by atoms with E-state index >= 15 is 0 Å². The molecule has 1 aliphatic carbocycles. The van der Waals surface area contributed by atoms with E-state index < -0.39 is 0 Å². The van der Waals surface area contributed by atoms with Crippen LogP contribution in [-0.2, 0) is 4.79 Å². The first-order valence-corrected chi connectivity index (χ1v) is 9.91. The van der Waals surface area contributed by atoms with E-state index in [1.807, 2.05) is 31.2 Å². The van der Waals surface area contributed by atoms with Crippen LogP contribution in [0.1, 0.15) is 51.5 Å². The van der Waals surface area contributed by atoms with E-state index in [4.69, 9.17) is 17.0 Å². The van der Waals surface area contributed by atoms with E-state index in [1.54, 1.807) is 0 Å². The maximum absolute atomic E-state index is 11.9. The summed E-state index contributed by atoms with van der Waals surface area (Å²) in [6, 6.07) is 8.27. The lowest BCUT2D eigenvalue weighted by Gasteiger charge is -2.35. The van der Waals surface area contributed by atoms with E-state index in [9.17, 15) is 4.79 Å². The number of thiocarbonyl (C=S) groups is 1. The van der Waals surface area contributed by atoms with Crippen molar-refractivity contribution in [3.8, 4) is 5.75 Å². The third kappa shape index (κ3) is 6.83. The Morgan fingerprint density at radius 1 is 1.19 bits per heavy atom. The summed E-state index contributed by atoms with van der Waals surface area (Å²) >= 11 is 5.29. The number of benzene rings is 1. The Morgan fingerprint density at radius 2 is 1.92 bits per heavy atom. The van der Waals surface area contributed by atoms with Crippen LogP contribution < -0.4 is 20.9 Å². The zero-order valence-electron chi connectivity index (χ0n) is 16.0. The molecule has 6 heteroatoms. The van der Waals surface area contributed by atoms with Crippen molar-refractivity contribution in [1.82, 2.24) is 16.2 Å². The molecule has 0 bridgehead atoms. The number of hydrogen-bond acceptors (Lipinski definition) is 3. The summed E-state index contributed by atoms with van der Waals surface area (Å²) < 4.78 is 5.62. The second-order valence-electron chi connectivity index (χ2n) is 7.29. The largest absolute Gasteiger partial charge is 0.494 e. The monoisotopic (exact) mass is 377 g/mol. The van der Waals surface area contributed by atoms with E-state index in [1.165, 1.54) is 18.4 Å². The van der Waals surface area contributed by atoms with Crippen LogP contribution in [0, 0.1) is 18.8 Å². The minimum Gasteiger partial charge on any atom is -0.494 e. The molecule has 144 valence electrons. The number of aryl methyl sites for hydroxylation is 1. The summed E-state index contributed by atoms with van der Waals surface area (Å²) in [6.45, 7) is 7.10. The van der Waals surface area contributed by atoms with Crippen molar-refractivity contribution in [1.29, 1.82) is 0 Å². The summed E-state index contributed by atoms with van der Waals surface area (Å²) in [5, 5.41) is 3.81. The second kappa shape index (κ2) is 10.4. The van der Waals surface area contributed by atoms with Crippen LogP contribution in [0.25, 0.3) is 0 Å². The van der Waals surface area contributed by atoms with E-state index in [0.29, 0.717) is 42.4 Å². The number of nitrogens with one attached hydrogen (secondary N) is 3. The summed E-state index contributed by atoms with van der Waals surface area (Å²) in [5.41, 5.74) is 6.66. The van der Waals surface area contributed by atoms with Gasteiger partial charge in [-0.1, -0.05) is 44.4 Å². The number of rotatable bonds is 6. The van der Waals surface area contributed by atoms with Gasteiger partial charge in [0.05, 0.1) is 6.61 Å². The molecule has 3 N–H and O–H groups in total. The Kier molecular flexibility index (Phi) is 8.16. The fraction of sp³-hybridized carbons (Fsp3) is 0.600. The van der Waals surface area contributed by atoms with Crippen LogP contribution in [0.15, 0.2) is 24.3 Å². The van der Waals surface area contributed by atoms with Gasteiger partial charge in [0, 0.05) is 12.5 Å². The Bertz CT molecular complexity index is 591. The van der Waals surface area contributed by atoms with Gasteiger partial charge < -0.3 is 10.1 Å². The second-order valence-corrected chi connectivity index (χ2v) is 7.69. The third-order valence-electron chi connectivity index (χ3n) is 5.18. The number of ether oxygens (including phenoxy) is 1. The van der Waals surface area contributed by atoms with Crippen LogP contribution in [0.3, 0.4) is 0 Å². The molecule has 0 heterocycles. The molecule has 0 aliphatic heterocycles. The minimum atomic E-state index is -0.0910. The maximum Gasteiger partial charge on any atom is 0.238 e. The first-order chi connectivity index (χ1) is 12.5. The van der Waals surface area contributed by atoms with Crippen molar-refractivity contribution in [2.45, 2.75) is 58.9 Å². The molecule has 0 radical (unpaired) electrons. The van der Waals surface area contributed by atoms with Gasteiger partial charge in [0.15, 0.2) is 5.11 Å². The number of carbonyl (C=O) groups excluding carboxylic acids is 1. The highest BCUT2D eigenvalue weighted by Crippen LogP contribution is 2.29. The molecule has 3 atom stereocenters. The van der Waals surface area contributed by atoms with Crippen LogP contribution >= 0.6 is 12.2 Å². The normalized spacial score (nSPS) is 22.3. The Hall–Kier alpha value is -1.82. The van der Waals surface area contributed by atoms with Gasteiger partial charge in [-0.15, -0.1) is 0 Å². The fourth-order valence-corrected chi connectivity index (χ4v) is 3.44.